The molecule has 0 aromatic rings. The quantitative estimate of drug-likeness (QED) is 0.490. The van der Waals surface area contributed by atoms with Crippen molar-refractivity contribution in [3.63, 3.8) is 0 Å². The molecule has 1 aliphatic heterocycles. The third kappa shape index (κ3) is 3.10. The molecule has 9 atom stereocenters. The van der Waals surface area contributed by atoms with E-state index in [1.54, 1.807) is 19.1 Å². The van der Waals surface area contributed by atoms with Gasteiger partial charge in [0, 0.05) is 12.5 Å². The van der Waals surface area contributed by atoms with Crippen LogP contribution < -0.4 is 0 Å². The first kappa shape index (κ1) is 25.7. The predicted molar refractivity (Wildman–Crippen MR) is 121 cm³/mol. The molecule has 5 rings (SSSR count). The van der Waals surface area contributed by atoms with Crippen LogP contribution in [0.5, 0.6) is 0 Å². The van der Waals surface area contributed by atoms with Gasteiger partial charge in [0.05, 0.1) is 12.0 Å². The lowest BCUT2D eigenvalue weighted by molar-refractivity contribution is -0.195. The molecule has 200 valence electrons. The van der Waals surface area contributed by atoms with Gasteiger partial charge in [0.2, 0.25) is 0 Å². The largest absolute Gasteiger partial charge is 0.438 e. The number of nitrogens with zero attached hydrogens (tertiary/aromatic N) is 1. The lowest BCUT2D eigenvalue weighted by Gasteiger charge is -2.49. The molecule has 4 aliphatic carbocycles. The number of carbonyl (C=O) groups excluding carboxylic acids is 2. The second-order valence-corrected chi connectivity index (χ2v) is 12.0. The average Bonchev–Trinajstić information content (AvgIpc) is 3.11. The van der Waals surface area contributed by atoms with Gasteiger partial charge in [-0.05, 0) is 60.5 Å². The molecule has 10 heteroatoms. The highest BCUT2D eigenvalue weighted by Gasteiger charge is 2.76. The fraction of sp³-hybridized carbons (Fsp3) is 0.769. The Morgan fingerprint density at radius 3 is 2.58 bits per heavy atom. The van der Waals surface area contributed by atoms with Gasteiger partial charge in [0.25, 0.3) is 0 Å². The maximum absolute atomic E-state index is 14.3. The molecular weight excluding hydrogens is 479 g/mol. The second kappa shape index (κ2) is 7.80. The van der Waals surface area contributed by atoms with Gasteiger partial charge >= 0.3 is 12.3 Å². The summed E-state index contributed by atoms with van der Waals surface area (Å²) in [6.45, 7) is 6.74. The van der Waals surface area contributed by atoms with Crippen molar-refractivity contribution >= 4 is 11.9 Å². The predicted octanol–water partition coefficient (Wildman–Crippen LogP) is 2.99. The second-order valence-electron chi connectivity index (χ2n) is 12.0. The molecule has 2 saturated carbocycles. The molecule has 1 saturated heterocycles. The van der Waals surface area contributed by atoms with Crippen molar-refractivity contribution in [1.82, 2.24) is 4.90 Å². The lowest BCUT2D eigenvalue weighted by atomic mass is 9.59. The molecule has 1 spiro atoms. The first-order valence-corrected chi connectivity index (χ1v) is 12.6. The summed E-state index contributed by atoms with van der Waals surface area (Å²) in [6.07, 6.45) is -5.59. The fourth-order valence-corrected chi connectivity index (χ4v) is 8.09. The average molecular weight is 514 g/mol. The summed E-state index contributed by atoms with van der Waals surface area (Å²) in [5.41, 5.74) is -3.79. The van der Waals surface area contributed by atoms with E-state index in [4.69, 9.17) is 4.74 Å². The van der Waals surface area contributed by atoms with Gasteiger partial charge in [0.1, 0.15) is 12.1 Å². The van der Waals surface area contributed by atoms with Crippen LogP contribution in [-0.2, 0) is 9.53 Å². The van der Waals surface area contributed by atoms with Crippen LogP contribution in [0.2, 0.25) is 0 Å². The van der Waals surface area contributed by atoms with E-state index in [1.807, 2.05) is 6.92 Å². The van der Waals surface area contributed by atoms with Crippen LogP contribution >= 0.6 is 0 Å². The van der Waals surface area contributed by atoms with Gasteiger partial charge in [-0.25, -0.2) is 4.79 Å². The fourth-order valence-electron chi connectivity index (χ4n) is 8.09. The van der Waals surface area contributed by atoms with Crippen molar-refractivity contribution in [2.24, 2.45) is 34.5 Å². The number of allylic oxidation sites excluding steroid dienone is 1. The Kier molecular flexibility index (Phi) is 5.58. The summed E-state index contributed by atoms with van der Waals surface area (Å²) in [5, 5.41) is 33.9. The minimum atomic E-state index is -4.63. The van der Waals surface area contributed by atoms with Gasteiger partial charge < -0.3 is 20.1 Å². The Balaban J connectivity index is 1.58. The van der Waals surface area contributed by atoms with Crippen molar-refractivity contribution in [2.45, 2.75) is 77.0 Å². The Morgan fingerprint density at radius 1 is 1.31 bits per heavy atom. The zero-order valence-corrected chi connectivity index (χ0v) is 20.9. The van der Waals surface area contributed by atoms with Crippen LogP contribution in [0.25, 0.3) is 0 Å². The van der Waals surface area contributed by atoms with Crippen LogP contribution in [-0.4, -0.2) is 75.3 Å². The van der Waals surface area contributed by atoms with Crippen molar-refractivity contribution in [3.8, 4) is 0 Å². The van der Waals surface area contributed by atoms with Crippen LogP contribution in [0, 0.1) is 34.5 Å². The molecule has 3 N–H and O–H groups in total. The molecule has 3 fully saturated rings. The first-order chi connectivity index (χ1) is 16.6. The summed E-state index contributed by atoms with van der Waals surface area (Å²) in [4.78, 5) is 27.9. The van der Waals surface area contributed by atoms with Crippen LogP contribution in [0.15, 0.2) is 23.3 Å². The van der Waals surface area contributed by atoms with Crippen molar-refractivity contribution in [3.05, 3.63) is 23.3 Å². The number of aliphatic hydroxyl groups excluding tert-OH is 2. The van der Waals surface area contributed by atoms with Gasteiger partial charge in [-0.15, -0.1) is 0 Å². The topological polar surface area (TPSA) is 107 Å². The highest BCUT2D eigenvalue weighted by Crippen LogP contribution is 2.71. The van der Waals surface area contributed by atoms with E-state index in [-0.39, 0.29) is 48.0 Å². The van der Waals surface area contributed by atoms with Gasteiger partial charge in [-0.2, -0.15) is 13.2 Å². The molecule has 0 aromatic carbocycles. The highest BCUT2D eigenvalue weighted by molar-refractivity contribution is 5.95. The molecule has 7 nitrogen and oxygen atoms in total. The SMILES string of the molecule is CC1=C[C@]23C(=O)[C@@H](C=C(CO)[C@@H](O)[C@]2(O)[C@H]1OC(=O)N1CCCC1C(F)(F)F)[C@H]1[C@@H](C[C@H]3C)C1(C)C. The van der Waals surface area contributed by atoms with E-state index >= 15 is 0 Å². The van der Waals surface area contributed by atoms with E-state index in [0.29, 0.717) is 16.9 Å². The minimum absolute atomic E-state index is 0.0321. The molecule has 0 aromatic heterocycles. The van der Waals surface area contributed by atoms with Gasteiger partial charge in [0.15, 0.2) is 17.5 Å². The first-order valence-electron chi connectivity index (χ1n) is 12.6. The number of carbonyl (C=O) groups is 2. The van der Waals surface area contributed by atoms with Crippen LogP contribution in [0.1, 0.15) is 47.0 Å². The van der Waals surface area contributed by atoms with Crippen LogP contribution in [0.4, 0.5) is 18.0 Å². The number of alkyl halides is 3. The Hall–Kier alpha value is -1.91. The summed E-state index contributed by atoms with van der Waals surface area (Å²) in [6, 6.07) is -2.00. The maximum atomic E-state index is 14.3. The van der Waals surface area contributed by atoms with Crippen LogP contribution in [0.3, 0.4) is 0 Å². The molecule has 5 aliphatic rings. The molecule has 2 bridgehead atoms. The number of fused-ring (bicyclic) bond motifs is 3. The Labute approximate surface area is 208 Å². The molecule has 1 heterocycles. The number of amides is 1. The minimum Gasteiger partial charge on any atom is -0.438 e. The summed E-state index contributed by atoms with van der Waals surface area (Å²) >= 11 is 0. The molecule has 1 amide bonds. The number of hydrogen-bond acceptors (Lipinski definition) is 6. The number of halogens is 3. The highest BCUT2D eigenvalue weighted by atomic mass is 19.4. The number of aliphatic hydroxyl groups is 3. The normalized spacial score (nSPS) is 45.2. The third-order valence-corrected chi connectivity index (χ3v) is 9.98. The Morgan fingerprint density at radius 2 is 1.97 bits per heavy atom. The molecule has 1 unspecified atom stereocenters. The number of rotatable bonds is 2. The smallest absolute Gasteiger partial charge is 0.411 e. The number of ketones is 1. The summed E-state index contributed by atoms with van der Waals surface area (Å²) in [7, 11) is 0. The van der Waals surface area contributed by atoms with Gasteiger partial charge in [-0.3, -0.25) is 9.69 Å². The van der Waals surface area contributed by atoms with E-state index in [0.717, 1.165) is 0 Å². The summed E-state index contributed by atoms with van der Waals surface area (Å²) < 4.78 is 46.1. The van der Waals surface area contributed by atoms with E-state index in [2.05, 4.69) is 13.8 Å². The number of Topliss-reactive ketones (excluding diaryl/α,β-unsaturated/α-hetero) is 1. The standard InChI is InChI=1S/C26H34F3NO6/c1-12-10-24-13(2)8-16-18(23(16,3)4)15(20(24)33)9-14(11-31)19(32)25(24,35)21(12)36-22(34)30-7-5-6-17(30)26(27,28)29/h9-10,13,15-19,21,31-32,35H,5-8,11H2,1-4H3/t13-,15+,16-,17?,18+,19-,21+,24+,25+/m1/s1. The maximum Gasteiger partial charge on any atom is 0.411 e. The Bertz CT molecular complexity index is 1050. The van der Waals surface area contributed by atoms with E-state index in [9.17, 15) is 38.1 Å². The zero-order valence-electron chi connectivity index (χ0n) is 20.9. The van der Waals surface area contributed by atoms with E-state index < -0.39 is 60.0 Å². The van der Waals surface area contributed by atoms with Crippen molar-refractivity contribution < 1.29 is 42.8 Å². The van der Waals surface area contributed by atoms with Crippen molar-refractivity contribution in [2.75, 3.05) is 13.2 Å². The zero-order chi connectivity index (χ0) is 26.6. The molecule has 0 radical (unpaired) electrons. The van der Waals surface area contributed by atoms with Gasteiger partial charge in [-0.1, -0.05) is 32.9 Å². The lowest BCUT2D eigenvalue weighted by Crippen LogP contribution is -2.66. The number of hydrogen-bond donors (Lipinski definition) is 3. The number of ether oxygens (including phenoxy) is 1. The molecule has 36 heavy (non-hydrogen) atoms. The molecular formula is C26H34F3NO6. The monoisotopic (exact) mass is 513 g/mol. The number of likely N-dealkylation sites (tertiary alicyclic amines) is 1. The summed E-state index contributed by atoms with van der Waals surface area (Å²) in [5.74, 6) is -1.28. The van der Waals surface area contributed by atoms with E-state index in [1.165, 1.54) is 0 Å². The van der Waals surface area contributed by atoms with Crippen molar-refractivity contribution in [1.29, 1.82) is 0 Å². The third-order valence-electron chi connectivity index (χ3n) is 9.98.